The molecule has 1 aliphatic heterocycles. The van der Waals surface area contributed by atoms with Crippen LogP contribution in [0.25, 0.3) is 10.9 Å². The molecule has 0 radical (unpaired) electrons. The highest BCUT2D eigenvalue weighted by molar-refractivity contribution is 5.91. The summed E-state index contributed by atoms with van der Waals surface area (Å²) in [6, 6.07) is 8.46. The number of hydrogen-bond donors (Lipinski definition) is 1. The monoisotopic (exact) mass is 285 g/mol. The fraction of sp³-hybridized carbons (Fsp3) is 0.471. The van der Waals surface area contributed by atoms with Crippen LogP contribution in [-0.4, -0.2) is 49.3 Å². The van der Waals surface area contributed by atoms with Gasteiger partial charge in [0.1, 0.15) is 0 Å². The summed E-state index contributed by atoms with van der Waals surface area (Å²) in [5.41, 5.74) is 3.51. The molecule has 4 heteroatoms. The van der Waals surface area contributed by atoms with Crippen LogP contribution in [0.1, 0.15) is 12.0 Å². The molecular weight excluding hydrogens is 262 g/mol. The van der Waals surface area contributed by atoms with Crippen LogP contribution in [0.4, 0.5) is 5.69 Å². The molecule has 2 aromatic rings. The maximum Gasteiger partial charge on any atom is 0.0722 e. The van der Waals surface area contributed by atoms with Gasteiger partial charge in [-0.1, -0.05) is 11.6 Å². The van der Waals surface area contributed by atoms with E-state index in [1.54, 1.807) is 0 Å². The molecule has 1 saturated heterocycles. The van der Waals surface area contributed by atoms with Crippen molar-refractivity contribution in [3.63, 3.8) is 0 Å². The molecule has 4 nitrogen and oxygen atoms in total. The Morgan fingerprint density at radius 1 is 1.24 bits per heavy atom. The summed E-state index contributed by atoms with van der Waals surface area (Å²) in [7, 11) is 0. The Bertz CT molecular complexity index is 594. The lowest BCUT2D eigenvalue weighted by Crippen LogP contribution is -2.37. The third-order valence-corrected chi connectivity index (χ3v) is 3.97. The van der Waals surface area contributed by atoms with Crippen LogP contribution in [0.15, 0.2) is 30.5 Å². The molecule has 0 bridgehead atoms. The van der Waals surface area contributed by atoms with Gasteiger partial charge in [0.25, 0.3) is 0 Å². The molecule has 1 aliphatic rings. The number of ether oxygens (including phenoxy) is 1. The second-order valence-electron chi connectivity index (χ2n) is 5.61. The maximum atomic E-state index is 5.37. The molecule has 1 aromatic heterocycles. The summed E-state index contributed by atoms with van der Waals surface area (Å²) in [6.45, 7) is 8.13. The second kappa shape index (κ2) is 6.87. The normalized spacial score (nSPS) is 16.2. The van der Waals surface area contributed by atoms with Gasteiger partial charge < -0.3 is 10.1 Å². The first kappa shape index (κ1) is 14.3. The van der Waals surface area contributed by atoms with Crippen molar-refractivity contribution in [2.75, 3.05) is 44.7 Å². The molecule has 0 amide bonds. The molecule has 0 saturated carbocycles. The summed E-state index contributed by atoms with van der Waals surface area (Å²) in [4.78, 5) is 6.89. The van der Waals surface area contributed by atoms with E-state index in [2.05, 4.69) is 46.4 Å². The standard InChI is InChI=1S/C17H23N3O/c1-14-3-4-16-15(13-14)17(5-7-19-16)18-6-2-8-20-9-11-21-12-10-20/h3-5,7,13H,2,6,8-12H2,1H3,(H,18,19). The molecule has 1 aromatic carbocycles. The van der Waals surface area contributed by atoms with Gasteiger partial charge in [-0.25, -0.2) is 0 Å². The van der Waals surface area contributed by atoms with E-state index in [1.165, 1.54) is 16.6 Å². The third-order valence-electron chi connectivity index (χ3n) is 3.97. The van der Waals surface area contributed by atoms with Crippen LogP contribution in [0, 0.1) is 6.92 Å². The van der Waals surface area contributed by atoms with Gasteiger partial charge in [0.15, 0.2) is 0 Å². The first-order chi connectivity index (χ1) is 10.3. The Balaban J connectivity index is 1.56. The zero-order valence-electron chi connectivity index (χ0n) is 12.6. The van der Waals surface area contributed by atoms with E-state index in [0.717, 1.165) is 51.3 Å². The highest BCUT2D eigenvalue weighted by Crippen LogP contribution is 2.22. The van der Waals surface area contributed by atoms with Crippen LogP contribution < -0.4 is 5.32 Å². The SMILES string of the molecule is Cc1ccc2nccc(NCCCN3CCOCC3)c2c1. The number of hydrogen-bond acceptors (Lipinski definition) is 4. The number of benzene rings is 1. The molecule has 112 valence electrons. The molecule has 1 fully saturated rings. The fourth-order valence-corrected chi connectivity index (χ4v) is 2.76. The number of nitrogens with one attached hydrogen (secondary N) is 1. The highest BCUT2D eigenvalue weighted by atomic mass is 16.5. The average molecular weight is 285 g/mol. The number of morpholine rings is 1. The van der Waals surface area contributed by atoms with E-state index in [0.29, 0.717) is 0 Å². The topological polar surface area (TPSA) is 37.4 Å². The van der Waals surface area contributed by atoms with Gasteiger partial charge >= 0.3 is 0 Å². The Morgan fingerprint density at radius 3 is 2.95 bits per heavy atom. The van der Waals surface area contributed by atoms with Crippen LogP contribution in [0.3, 0.4) is 0 Å². The molecule has 1 N–H and O–H groups in total. The number of nitrogens with zero attached hydrogens (tertiary/aromatic N) is 2. The van der Waals surface area contributed by atoms with Gasteiger partial charge in [-0.15, -0.1) is 0 Å². The van der Waals surface area contributed by atoms with E-state index in [-0.39, 0.29) is 0 Å². The predicted octanol–water partition coefficient (Wildman–Crippen LogP) is 2.68. The average Bonchev–Trinajstić information content (AvgIpc) is 2.53. The summed E-state index contributed by atoms with van der Waals surface area (Å²) >= 11 is 0. The second-order valence-corrected chi connectivity index (χ2v) is 5.61. The van der Waals surface area contributed by atoms with Crippen molar-refractivity contribution in [1.82, 2.24) is 9.88 Å². The highest BCUT2D eigenvalue weighted by Gasteiger charge is 2.09. The number of fused-ring (bicyclic) bond motifs is 1. The van der Waals surface area contributed by atoms with Gasteiger partial charge in [0.2, 0.25) is 0 Å². The van der Waals surface area contributed by atoms with Crippen molar-refractivity contribution >= 4 is 16.6 Å². The summed E-state index contributed by atoms with van der Waals surface area (Å²) < 4.78 is 5.37. The zero-order valence-corrected chi connectivity index (χ0v) is 12.6. The molecule has 2 heterocycles. The smallest absolute Gasteiger partial charge is 0.0722 e. The number of rotatable bonds is 5. The van der Waals surface area contributed by atoms with Gasteiger partial charge in [-0.2, -0.15) is 0 Å². The van der Waals surface area contributed by atoms with Gasteiger partial charge in [-0.05, 0) is 38.1 Å². The van der Waals surface area contributed by atoms with Crippen molar-refractivity contribution in [3.05, 3.63) is 36.0 Å². The van der Waals surface area contributed by atoms with Crippen LogP contribution in [0.5, 0.6) is 0 Å². The van der Waals surface area contributed by atoms with Crippen molar-refractivity contribution in [1.29, 1.82) is 0 Å². The molecular formula is C17H23N3O. The predicted molar refractivity (Wildman–Crippen MR) is 86.8 cm³/mol. The number of aromatic nitrogens is 1. The molecule has 21 heavy (non-hydrogen) atoms. The Morgan fingerprint density at radius 2 is 2.10 bits per heavy atom. The summed E-state index contributed by atoms with van der Waals surface area (Å²) in [5, 5.41) is 4.77. The minimum absolute atomic E-state index is 0.877. The Labute approximate surface area is 126 Å². The first-order valence-electron chi connectivity index (χ1n) is 7.72. The van der Waals surface area contributed by atoms with Crippen molar-refractivity contribution < 1.29 is 4.74 Å². The molecule has 0 spiro atoms. The first-order valence-corrected chi connectivity index (χ1v) is 7.72. The zero-order chi connectivity index (χ0) is 14.5. The van der Waals surface area contributed by atoms with Crippen LogP contribution in [0.2, 0.25) is 0 Å². The van der Waals surface area contributed by atoms with E-state index < -0.39 is 0 Å². The third kappa shape index (κ3) is 3.71. The number of aryl methyl sites for hydroxylation is 1. The largest absolute Gasteiger partial charge is 0.384 e. The van der Waals surface area contributed by atoms with E-state index in [4.69, 9.17) is 4.74 Å². The lowest BCUT2D eigenvalue weighted by Gasteiger charge is -2.26. The Hall–Kier alpha value is -1.65. The van der Waals surface area contributed by atoms with Gasteiger partial charge in [0.05, 0.1) is 18.7 Å². The van der Waals surface area contributed by atoms with Crippen molar-refractivity contribution in [3.8, 4) is 0 Å². The maximum absolute atomic E-state index is 5.37. The lowest BCUT2D eigenvalue weighted by molar-refractivity contribution is 0.0378. The number of pyridine rings is 1. The fourth-order valence-electron chi connectivity index (χ4n) is 2.76. The minimum atomic E-state index is 0.877. The van der Waals surface area contributed by atoms with Crippen LogP contribution in [-0.2, 0) is 4.74 Å². The van der Waals surface area contributed by atoms with E-state index >= 15 is 0 Å². The molecule has 0 unspecified atom stereocenters. The molecule has 0 atom stereocenters. The van der Waals surface area contributed by atoms with Gasteiger partial charge in [0, 0.05) is 36.9 Å². The van der Waals surface area contributed by atoms with E-state index in [1.807, 2.05) is 6.20 Å². The van der Waals surface area contributed by atoms with Crippen molar-refractivity contribution in [2.24, 2.45) is 0 Å². The summed E-state index contributed by atoms with van der Waals surface area (Å²) in [5.74, 6) is 0. The number of anilines is 1. The summed E-state index contributed by atoms with van der Waals surface area (Å²) in [6.07, 6.45) is 3.03. The minimum Gasteiger partial charge on any atom is -0.384 e. The lowest BCUT2D eigenvalue weighted by atomic mass is 10.1. The van der Waals surface area contributed by atoms with Crippen LogP contribution >= 0.6 is 0 Å². The molecule has 0 aliphatic carbocycles. The molecule has 3 rings (SSSR count). The van der Waals surface area contributed by atoms with Crippen molar-refractivity contribution in [2.45, 2.75) is 13.3 Å². The Kier molecular flexibility index (Phi) is 4.68. The quantitative estimate of drug-likeness (QED) is 0.857. The van der Waals surface area contributed by atoms with Gasteiger partial charge in [-0.3, -0.25) is 9.88 Å². The van der Waals surface area contributed by atoms with E-state index in [9.17, 15) is 0 Å².